The van der Waals surface area contributed by atoms with Crippen molar-refractivity contribution < 1.29 is 18.7 Å². The van der Waals surface area contributed by atoms with Gasteiger partial charge in [0.15, 0.2) is 0 Å². The monoisotopic (exact) mass is 521 g/mol. The van der Waals surface area contributed by atoms with Crippen molar-refractivity contribution in [1.82, 2.24) is 14.8 Å². The summed E-state index contributed by atoms with van der Waals surface area (Å²) in [6, 6.07) is 14.2. The maximum absolute atomic E-state index is 12.0. The number of hydrogen-bond acceptors (Lipinski definition) is 8. The number of nitrogen functional groups attached to an aromatic ring is 1. The molecule has 37 heavy (non-hydrogen) atoms. The third-order valence-electron chi connectivity index (χ3n) is 6.29. The summed E-state index contributed by atoms with van der Waals surface area (Å²) in [5, 5.41) is 12.2. The number of ether oxygens (including phenoxy) is 2. The molecule has 1 amide bonds. The number of benzene rings is 2. The van der Waals surface area contributed by atoms with Gasteiger partial charge in [0.05, 0.1) is 29.6 Å². The highest BCUT2D eigenvalue weighted by atomic mass is 32.2. The fourth-order valence-electron chi connectivity index (χ4n) is 4.42. The van der Waals surface area contributed by atoms with Gasteiger partial charge in [-0.2, -0.15) is 0 Å². The Morgan fingerprint density at radius 3 is 2.65 bits per heavy atom. The number of carbonyl (C=O) groups is 1. The van der Waals surface area contributed by atoms with Crippen LogP contribution in [0.1, 0.15) is 45.0 Å². The van der Waals surface area contributed by atoms with Crippen molar-refractivity contribution in [3.8, 4) is 17.0 Å². The van der Waals surface area contributed by atoms with Gasteiger partial charge in [-0.3, -0.25) is 5.32 Å². The highest BCUT2D eigenvalue weighted by Crippen LogP contribution is 2.45. The fourth-order valence-corrected chi connectivity index (χ4v) is 5.04. The molecular weight excluding hydrogens is 490 g/mol. The largest absolute Gasteiger partial charge is 0.493 e. The molecule has 1 aliphatic carbocycles. The Kier molecular flexibility index (Phi) is 7.27. The van der Waals surface area contributed by atoms with Gasteiger partial charge >= 0.3 is 6.09 Å². The van der Waals surface area contributed by atoms with Gasteiger partial charge in [0, 0.05) is 41.4 Å². The van der Waals surface area contributed by atoms with Crippen molar-refractivity contribution in [2.75, 3.05) is 23.4 Å². The van der Waals surface area contributed by atoms with Crippen LogP contribution in [0.3, 0.4) is 0 Å². The summed E-state index contributed by atoms with van der Waals surface area (Å²) in [4.78, 5) is 12.0. The number of nitrogens with one attached hydrogen (secondary N) is 1. The minimum atomic E-state index is -0.469. The fraction of sp³-hybridized carbons (Fsp3) is 0.370. The van der Waals surface area contributed by atoms with E-state index in [2.05, 4.69) is 26.1 Å². The summed E-state index contributed by atoms with van der Waals surface area (Å²) < 4.78 is 19.0. The van der Waals surface area contributed by atoms with E-state index in [0.717, 1.165) is 46.4 Å². The molecule has 2 aromatic heterocycles. The number of hydrogen-bond donors (Lipinski definition) is 2. The first-order valence-corrected chi connectivity index (χ1v) is 13.4. The van der Waals surface area contributed by atoms with Crippen molar-refractivity contribution in [2.24, 2.45) is 0 Å². The lowest BCUT2D eigenvalue weighted by atomic mass is 9.92. The van der Waals surface area contributed by atoms with Crippen LogP contribution in [0.4, 0.5) is 16.2 Å². The summed E-state index contributed by atoms with van der Waals surface area (Å²) in [5.74, 6) is 2.04. The van der Waals surface area contributed by atoms with E-state index in [9.17, 15) is 4.79 Å². The molecule has 2 heterocycles. The number of rotatable bonds is 9. The van der Waals surface area contributed by atoms with Gasteiger partial charge in [0.25, 0.3) is 5.22 Å². The van der Waals surface area contributed by atoms with Crippen LogP contribution in [-0.4, -0.2) is 39.3 Å². The summed E-state index contributed by atoms with van der Waals surface area (Å²) in [7, 11) is 0. The standard InChI is InChI=1S/C27H31N5O4S/c1-16(2)35-26(33)29-19-9-7-18(8-10-19)25-24(28)22-12-11-21(15-23(22)32(25)20-5-4-6-20)34-13-14-37-27-31-30-17(3)36-27/h7-12,15-16,20H,4-6,13-14,28H2,1-3H3,(H,29,33). The zero-order chi connectivity index (χ0) is 25.9. The molecule has 5 rings (SSSR count). The van der Waals surface area contributed by atoms with Crippen LogP contribution < -0.4 is 15.8 Å². The van der Waals surface area contributed by atoms with Crippen molar-refractivity contribution in [1.29, 1.82) is 0 Å². The normalized spacial score (nSPS) is 13.6. The summed E-state index contributed by atoms with van der Waals surface area (Å²) in [6.45, 7) is 5.92. The number of nitrogens with zero attached hydrogens (tertiary/aromatic N) is 3. The maximum atomic E-state index is 12.0. The van der Waals surface area contributed by atoms with Gasteiger partial charge < -0.3 is 24.2 Å². The molecule has 0 unspecified atom stereocenters. The van der Waals surface area contributed by atoms with E-state index in [1.165, 1.54) is 18.2 Å². The maximum Gasteiger partial charge on any atom is 0.411 e. The van der Waals surface area contributed by atoms with Gasteiger partial charge in [0.2, 0.25) is 5.89 Å². The Labute approximate surface area is 219 Å². The smallest absolute Gasteiger partial charge is 0.411 e. The van der Waals surface area contributed by atoms with E-state index >= 15 is 0 Å². The summed E-state index contributed by atoms with van der Waals surface area (Å²) in [6.07, 6.45) is 2.78. The molecule has 0 saturated heterocycles. The summed E-state index contributed by atoms with van der Waals surface area (Å²) in [5.41, 5.74) is 11.2. The Hall–Kier alpha value is -3.66. The Morgan fingerprint density at radius 1 is 1.22 bits per heavy atom. The molecule has 10 heteroatoms. The Balaban J connectivity index is 1.37. The van der Waals surface area contributed by atoms with Crippen LogP contribution in [0.15, 0.2) is 52.1 Å². The van der Waals surface area contributed by atoms with Crippen LogP contribution in [0.2, 0.25) is 0 Å². The topological polar surface area (TPSA) is 117 Å². The Bertz CT molecular complexity index is 1390. The number of nitrogens with two attached hydrogens (primary N) is 1. The number of carbonyl (C=O) groups excluding carboxylic acids is 1. The lowest BCUT2D eigenvalue weighted by Crippen LogP contribution is -2.18. The van der Waals surface area contributed by atoms with Crippen molar-refractivity contribution >= 4 is 40.1 Å². The first-order valence-electron chi connectivity index (χ1n) is 12.5. The molecule has 0 atom stereocenters. The Morgan fingerprint density at radius 2 is 2.00 bits per heavy atom. The molecule has 0 bridgehead atoms. The molecule has 0 radical (unpaired) electrons. The second-order valence-corrected chi connectivity index (χ2v) is 10.4. The van der Waals surface area contributed by atoms with Crippen molar-refractivity contribution in [3.63, 3.8) is 0 Å². The minimum Gasteiger partial charge on any atom is -0.493 e. The number of aromatic nitrogens is 3. The lowest BCUT2D eigenvalue weighted by Gasteiger charge is -2.30. The molecule has 2 aromatic carbocycles. The average molecular weight is 522 g/mol. The van der Waals surface area contributed by atoms with E-state index in [-0.39, 0.29) is 6.10 Å². The van der Waals surface area contributed by atoms with Gasteiger partial charge in [-0.05, 0) is 57.4 Å². The van der Waals surface area contributed by atoms with Gasteiger partial charge in [-0.25, -0.2) is 4.79 Å². The van der Waals surface area contributed by atoms with Crippen LogP contribution in [0, 0.1) is 6.92 Å². The number of thioether (sulfide) groups is 1. The van der Waals surface area contributed by atoms with E-state index in [4.69, 9.17) is 19.6 Å². The van der Waals surface area contributed by atoms with E-state index in [0.29, 0.717) is 35.2 Å². The minimum absolute atomic E-state index is 0.181. The number of fused-ring (bicyclic) bond motifs is 1. The van der Waals surface area contributed by atoms with Gasteiger partial charge in [0.1, 0.15) is 5.75 Å². The molecule has 3 N–H and O–H groups in total. The van der Waals surface area contributed by atoms with Crippen LogP contribution in [0.25, 0.3) is 22.2 Å². The summed E-state index contributed by atoms with van der Waals surface area (Å²) >= 11 is 1.47. The van der Waals surface area contributed by atoms with Crippen molar-refractivity contribution in [3.05, 3.63) is 48.4 Å². The number of anilines is 2. The van der Waals surface area contributed by atoms with Gasteiger partial charge in [-0.1, -0.05) is 23.9 Å². The van der Waals surface area contributed by atoms with E-state index in [1.807, 2.05) is 50.2 Å². The predicted octanol–water partition coefficient (Wildman–Crippen LogP) is 6.43. The number of amides is 1. The molecule has 4 aromatic rings. The van der Waals surface area contributed by atoms with Crippen LogP contribution in [0.5, 0.6) is 5.75 Å². The average Bonchev–Trinajstić information content (AvgIpc) is 3.36. The highest BCUT2D eigenvalue weighted by molar-refractivity contribution is 7.99. The second-order valence-electron chi connectivity index (χ2n) is 9.34. The van der Waals surface area contributed by atoms with Gasteiger partial charge in [-0.15, -0.1) is 10.2 Å². The second kappa shape index (κ2) is 10.8. The first-order chi connectivity index (χ1) is 17.9. The molecule has 0 spiro atoms. The van der Waals surface area contributed by atoms with Crippen molar-refractivity contribution in [2.45, 2.75) is 57.4 Å². The molecule has 1 aliphatic rings. The number of aryl methyl sites for hydroxylation is 1. The van der Waals surface area contributed by atoms with Crippen LogP contribution >= 0.6 is 11.8 Å². The lowest BCUT2D eigenvalue weighted by molar-refractivity contribution is 0.130. The zero-order valence-electron chi connectivity index (χ0n) is 21.2. The third-order valence-corrected chi connectivity index (χ3v) is 7.07. The predicted molar refractivity (Wildman–Crippen MR) is 145 cm³/mol. The molecule has 1 fully saturated rings. The molecule has 0 aliphatic heterocycles. The zero-order valence-corrected chi connectivity index (χ0v) is 22.0. The molecule has 194 valence electrons. The van der Waals surface area contributed by atoms with Crippen LogP contribution in [-0.2, 0) is 4.74 Å². The first kappa shape index (κ1) is 25.0. The molecular formula is C27H31N5O4S. The SMILES string of the molecule is Cc1nnc(SCCOc2ccc3c(N)c(-c4ccc(NC(=O)OC(C)C)cc4)n(C4CCC4)c3c2)o1. The third kappa shape index (κ3) is 5.53. The highest BCUT2D eigenvalue weighted by Gasteiger charge is 2.27. The van der Waals surface area contributed by atoms with E-state index in [1.54, 1.807) is 6.92 Å². The van der Waals surface area contributed by atoms with E-state index < -0.39 is 6.09 Å². The molecule has 1 saturated carbocycles. The molecule has 9 nitrogen and oxygen atoms in total. The quantitative estimate of drug-likeness (QED) is 0.191.